The molecule has 1 N–H and O–H groups in total. The molecule has 0 aliphatic carbocycles. The van der Waals surface area contributed by atoms with Crippen molar-refractivity contribution in [1.29, 1.82) is 0 Å². The van der Waals surface area contributed by atoms with Gasteiger partial charge in [-0.3, -0.25) is 4.79 Å². The second-order valence-electron chi connectivity index (χ2n) is 5.67. The molecule has 0 atom stereocenters. The summed E-state index contributed by atoms with van der Waals surface area (Å²) in [5.41, 5.74) is 0.0169. The second-order valence-corrected chi connectivity index (χ2v) is 5.67. The van der Waals surface area contributed by atoms with E-state index in [-0.39, 0.29) is 5.91 Å². The van der Waals surface area contributed by atoms with E-state index in [1.54, 1.807) is 11.0 Å². The van der Waals surface area contributed by atoms with E-state index in [1.165, 1.54) is 0 Å². The minimum atomic E-state index is -0.636. The Labute approximate surface area is 120 Å². The van der Waals surface area contributed by atoms with Crippen molar-refractivity contribution in [1.82, 2.24) is 4.90 Å². The molecule has 1 amide bonds. The van der Waals surface area contributed by atoms with Crippen molar-refractivity contribution in [2.24, 2.45) is 0 Å². The summed E-state index contributed by atoms with van der Waals surface area (Å²) in [6.45, 7) is 5.74. The van der Waals surface area contributed by atoms with Crippen molar-refractivity contribution in [3.8, 4) is 5.75 Å². The molecular formula is C16H23NO3. The van der Waals surface area contributed by atoms with E-state index in [2.05, 4.69) is 6.92 Å². The third-order valence-electron chi connectivity index (χ3n) is 3.68. The lowest BCUT2D eigenvalue weighted by molar-refractivity contribution is -0.00203. The molecule has 4 heteroatoms. The van der Waals surface area contributed by atoms with Crippen LogP contribution in [0.5, 0.6) is 5.75 Å². The molecule has 0 radical (unpaired) electrons. The zero-order valence-electron chi connectivity index (χ0n) is 12.3. The molecule has 0 bridgehead atoms. The first-order valence-corrected chi connectivity index (χ1v) is 7.26. The standard InChI is InChI=1S/C16H23NO3/c1-3-11-20-14-6-4-5-13(12-14)15(18)17-9-7-16(2,19)8-10-17/h4-6,12,19H,3,7-11H2,1-2H3. The first-order valence-electron chi connectivity index (χ1n) is 7.26. The summed E-state index contributed by atoms with van der Waals surface area (Å²) in [6.07, 6.45) is 2.20. The lowest BCUT2D eigenvalue weighted by atomic mass is 9.93. The predicted molar refractivity (Wildman–Crippen MR) is 78.0 cm³/mol. The van der Waals surface area contributed by atoms with Gasteiger partial charge in [0.25, 0.3) is 5.91 Å². The molecule has 0 unspecified atom stereocenters. The van der Waals surface area contributed by atoms with Crippen molar-refractivity contribution >= 4 is 5.91 Å². The van der Waals surface area contributed by atoms with Crippen LogP contribution >= 0.6 is 0 Å². The maximum Gasteiger partial charge on any atom is 0.253 e. The Morgan fingerprint density at radius 1 is 1.40 bits per heavy atom. The van der Waals surface area contributed by atoms with Crippen LogP contribution in [0.4, 0.5) is 0 Å². The first-order chi connectivity index (χ1) is 9.52. The van der Waals surface area contributed by atoms with E-state index in [4.69, 9.17) is 4.74 Å². The van der Waals surface area contributed by atoms with E-state index < -0.39 is 5.60 Å². The molecule has 0 aromatic heterocycles. The van der Waals surface area contributed by atoms with Crippen LogP contribution in [0.15, 0.2) is 24.3 Å². The molecule has 1 aliphatic heterocycles. The summed E-state index contributed by atoms with van der Waals surface area (Å²) >= 11 is 0. The molecule has 1 aromatic rings. The Morgan fingerprint density at radius 3 is 2.75 bits per heavy atom. The fraction of sp³-hybridized carbons (Fsp3) is 0.562. The molecule has 20 heavy (non-hydrogen) atoms. The highest BCUT2D eigenvalue weighted by Crippen LogP contribution is 2.23. The van der Waals surface area contributed by atoms with Crippen LogP contribution in [0.2, 0.25) is 0 Å². The normalized spacial score (nSPS) is 17.9. The number of piperidine rings is 1. The predicted octanol–water partition coefficient (Wildman–Crippen LogP) is 2.46. The van der Waals surface area contributed by atoms with Crippen molar-refractivity contribution in [2.45, 2.75) is 38.7 Å². The highest BCUT2D eigenvalue weighted by Gasteiger charge is 2.29. The number of hydrogen-bond donors (Lipinski definition) is 1. The van der Waals surface area contributed by atoms with E-state index in [1.807, 2.05) is 25.1 Å². The van der Waals surface area contributed by atoms with Crippen molar-refractivity contribution in [2.75, 3.05) is 19.7 Å². The average molecular weight is 277 g/mol. The molecule has 1 saturated heterocycles. The van der Waals surface area contributed by atoms with Crippen LogP contribution in [0.3, 0.4) is 0 Å². The quantitative estimate of drug-likeness (QED) is 0.919. The fourth-order valence-electron chi connectivity index (χ4n) is 2.31. The Kier molecular flexibility index (Phi) is 4.65. The topological polar surface area (TPSA) is 49.8 Å². The second kappa shape index (κ2) is 6.27. The Hall–Kier alpha value is -1.55. The number of carbonyl (C=O) groups excluding carboxylic acids is 1. The summed E-state index contributed by atoms with van der Waals surface area (Å²) in [6, 6.07) is 7.32. The zero-order chi connectivity index (χ0) is 14.6. The lowest BCUT2D eigenvalue weighted by Gasteiger charge is -2.35. The first kappa shape index (κ1) is 14.9. The number of aliphatic hydroxyl groups is 1. The molecule has 2 rings (SSSR count). The maximum atomic E-state index is 12.4. The van der Waals surface area contributed by atoms with Gasteiger partial charge in [-0.25, -0.2) is 0 Å². The summed E-state index contributed by atoms with van der Waals surface area (Å²) in [5.74, 6) is 0.754. The van der Waals surface area contributed by atoms with Crippen molar-refractivity contribution in [3.05, 3.63) is 29.8 Å². The Morgan fingerprint density at radius 2 is 2.10 bits per heavy atom. The lowest BCUT2D eigenvalue weighted by Crippen LogP contribution is -2.45. The molecule has 1 fully saturated rings. The summed E-state index contributed by atoms with van der Waals surface area (Å²) in [5, 5.41) is 9.93. The molecule has 0 saturated carbocycles. The fourth-order valence-corrected chi connectivity index (χ4v) is 2.31. The van der Waals surface area contributed by atoms with E-state index in [0.29, 0.717) is 38.1 Å². The maximum absolute atomic E-state index is 12.4. The zero-order valence-corrected chi connectivity index (χ0v) is 12.3. The van der Waals surface area contributed by atoms with Crippen LogP contribution in [-0.4, -0.2) is 41.2 Å². The third-order valence-corrected chi connectivity index (χ3v) is 3.68. The molecule has 110 valence electrons. The summed E-state index contributed by atoms with van der Waals surface area (Å²) in [7, 11) is 0. The van der Waals surface area contributed by atoms with Crippen LogP contribution < -0.4 is 4.74 Å². The Balaban J connectivity index is 2.02. The Bertz CT molecular complexity index is 461. The molecule has 1 aliphatic rings. The third kappa shape index (κ3) is 3.73. The SMILES string of the molecule is CCCOc1cccc(C(=O)N2CCC(C)(O)CC2)c1. The smallest absolute Gasteiger partial charge is 0.253 e. The summed E-state index contributed by atoms with van der Waals surface area (Å²) in [4.78, 5) is 14.2. The van der Waals surface area contributed by atoms with E-state index in [0.717, 1.165) is 12.2 Å². The van der Waals surface area contributed by atoms with Crippen molar-refractivity contribution < 1.29 is 14.6 Å². The number of nitrogens with zero attached hydrogens (tertiary/aromatic N) is 1. The number of benzene rings is 1. The van der Waals surface area contributed by atoms with Crippen LogP contribution in [0, 0.1) is 0 Å². The van der Waals surface area contributed by atoms with Gasteiger partial charge in [-0.1, -0.05) is 13.0 Å². The number of hydrogen-bond acceptors (Lipinski definition) is 3. The molecule has 4 nitrogen and oxygen atoms in total. The van der Waals surface area contributed by atoms with Gasteiger partial charge in [0.05, 0.1) is 12.2 Å². The molecule has 1 aromatic carbocycles. The van der Waals surface area contributed by atoms with Crippen LogP contribution in [0.25, 0.3) is 0 Å². The monoisotopic (exact) mass is 277 g/mol. The highest BCUT2D eigenvalue weighted by molar-refractivity contribution is 5.94. The summed E-state index contributed by atoms with van der Waals surface area (Å²) < 4.78 is 5.56. The molecule has 0 spiro atoms. The number of rotatable bonds is 4. The van der Waals surface area contributed by atoms with Gasteiger partial charge in [0.1, 0.15) is 5.75 Å². The van der Waals surface area contributed by atoms with Gasteiger partial charge in [-0.05, 0) is 44.4 Å². The number of carbonyl (C=O) groups is 1. The number of amides is 1. The van der Waals surface area contributed by atoms with Gasteiger partial charge < -0.3 is 14.7 Å². The minimum absolute atomic E-state index is 0.0162. The van der Waals surface area contributed by atoms with Gasteiger partial charge in [0.15, 0.2) is 0 Å². The van der Waals surface area contributed by atoms with E-state index >= 15 is 0 Å². The number of ether oxygens (including phenoxy) is 1. The average Bonchev–Trinajstić information content (AvgIpc) is 2.45. The van der Waals surface area contributed by atoms with Gasteiger partial charge in [0.2, 0.25) is 0 Å². The van der Waals surface area contributed by atoms with Crippen LogP contribution in [-0.2, 0) is 0 Å². The minimum Gasteiger partial charge on any atom is -0.494 e. The van der Waals surface area contributed by atoms with Gasteiger partial charge in [-0.2, -0.15) is 0 Å². The molecular weight excluding hydrogens is 254 g/mol. The molecule has 1 heterocycles. The number of likely N-dealkylation sites (tertiary alicyclic amines) is 1. The largest absolute Gasteiger partial charge is 0.494 e. The van der Waals surface area contributed by atoms with Gasteiger partial charge in [0, 0.05) is 18.7 Å². The van der Waals surface area contributed by atoms with Crippen molar-refractivity contribution in [3.63, 3.8) is 0 Å². The van der Waals surface area contributed by atoms with Crippen LogP contribution in [0.1, 0.15) is 43.5 Å². The van der Waals surface area contributed by atoms with Gasteiger partial charge >= 0.3 is 0 Å². The van der Waals surface area contributed by atoms with E-state index in [9.17, 15) is 9.90 Å². The van der Waals surface area contributed by atoms with Gasteiger partial charge in [-0.15, -0.1) is 0 Å². The highest BCUT2D eigenvalue weighted by atomic mass is 16.5.